The van der Waals surface area contributed by atoms with Gasteiger partial charge in [-0.15, -0.1) is 0 Å². The highest BCUT2D eigenvalue weighted by Crippen LogP contribution is 2.28. The molecule has 0 aliphatic heterocycles. The van der Waals surface area contributed by atoms with E-state index in [1.54, 1.807) is 0 Å². The summed E-state index contributed by atoms with van der Waals surface area (Å²) < 4.78 is 36.1. The average Bonchev–Trinajstić information content (AvgIpc) is 2.65. The summed E-state index contributed by atoms with van der Waals surface area (Å²) in [6, 6.07) is 5.64. The van der Waals surface area contributed by atoms with Crippen LogP contribution in [-0.2, 0) is 27.2 Å². The number of benzene rings is 2. The largest absolute Gasteiger partial charge is 0.490 e. The van der Waals surface area contributed by atoms with Gasteiger partial charge in [0.25, 0.3) is 0 Å². The molecule has 154 valence electrons. The van der Waals surface area contributed by atoms with Crippen molar-refractivity contribution >= 4 is 17.6 Å². The van der Waals surface area contributed by atoms with E-state index in [9.17, 15) is 28.5 Å². The van der Waals surface area contributed by atoms with Gasteiger partial charge in [0.2, 0.25) is 5.91 Å². The summed E-state index contributed by atoms with van der Waals surface area (Å²) >= 11 is 0. The van der Waals surface area contributed by atoms with Crippen LogP contribution < -0.4 is 10.1 Å². The Hall–Kier alpha value is -3.56. The SMILES string of the molecule is COC(=O)[C@H](Cc1ccc(OC)c([N+](=O)[O-])c1)NC(=O)Cc1cc(F)cc(F)c1. The first-order valence-electron chi connectivity index (χ1n) is 8.37. The maximum absolute atomic E-state index is 13.3. The van der Waals surface area contributed by atoms with Crippen LogP contribution in [-0.4, -0.2) is 37.1 Å². The Labute approximate surface area is 164 Å². The van der Waals surface area contributed by atoms with Crippen molar-refractivity contribution in [1.29, 1.82) is 0 Å². The number of carbonyl (C=O) groups excluding carboxylic acids is 2. The van der Waals surface area contributed by atoms with E-state index in [0.717, 1.165) is 19.2 Å². The van der Waals surface area contributed by atoms with E-state index in [2.05, 4.69) is 10.1 Å². The van der Waals surface area contributed by atoms with E-state index in [0.29, 0.717) is 11.6 Å². The number of hydrogen-bond acceptors (Lipinski definition) is 6. The van der Waals surface area contributed by atoms with E-state index in [1.807, 2.05) is 0 Å². The fourth-order valence-electron chi connectivity index (χ4n) is 2.72. The van der Waals surface area contributed by atoms with E-state index < -0.39 is 34.5 Å². The molecule has 0 unspecified atom stereocenters. The predicted molar refractivity (Wildman–Crippen MR) is 97.4 cm³/mol. The normalized spacial score (nSPS) is 11.4. The molecular formula is C19H18F2N2O6. The predicted octanol–water partition coefficient (Wildman–Crippen LogP) is 2.32. The van der Waals surface area contributed by atoms with Gasteiger partial charge in [0, 0.05) is 18.6 Å². The Morgan fingerprint density at radius 1 is 1.10 bits per heavy atom. The number of nitrogens with zero attached hydrogens (tertiary/aromatic N) is 1. The van der Waals surface area contributed by atoms with Gasteiger partial charge in [0.1, 0.15) is 17.7 Å². The van der Waals surface area contributed by atoms with E-state index in [4.69, 9.17) is 4.74 Å². The summed E-state index contributed by atoms with van der Waals surface area (Å²) in [6.07, 6.45) is -0.467. The highest BCUT2D eigenvalue weighted by atomic mass is 19.1. The van der Waals surface area contributed by atoms with Gasteiger partial charge in [0.15, 0.2) is 5.75 Å². The number of nitro benzene ring substituents is 1. The molecule has 8 nitrogen and oxygen atoms in total. The van der Waals surface area contributed by atoms with Crippen LogP contribution in [0.2, 0.25) is 0 Å². The van der Waals surface area contributed by atoms with Gasteiger partial charge in [-0.1, -0.05) is 6.07 Å². The zero-order chi connectivity index (χ0) is 21.6. The molecule has 1 N–H and O–H groups in total. The zero-order valence-electron chi connectivity index (χ0n) is 15.6. The van der Waals surface area contributed by atoms with Gasteiger partial charge >= 0.3 is 11.7 Å². The molecule has 0 aromatic heterocycles. The van der Waals surface area contributed by atoms with Crippen molar-refractivity contribution < 1.29 is 32.8 Å². The maximum Gasteiger partial charge on any atom is 0.328 e. The number of amides is 1. The van der Waals surface area contributed by atoms with Crippen molar-refractivity contribution in [3.05, 3.63) is 69.3 Å². The van der Waals surface area contributed by atoms with Crippen LogP contribution in [0.15, 0.2) is 36.4 Å². The number of nitrogens with one attached hydrogen (secondary N) is 1. The molecule has 0 aliphatic carbocycles. The van der Waals surface area contributed by atoms with Crippen LogP contribution in [0.1, 0.15) is 11.1 Å². The summed E-state index contributed by atoms with van der Waals surface area (Å²) in [6.45, 7) is 0. The van der Waals surface area contributed by atoms with Crippen LogP contribution in [0.5, 0.6) is 5.75 Å². The first kappa shape index (κ1) is 21.7. The molecule has 0 radical (unpaired) electrons. The monoisotopic (exact) mass is 408 g/mol. The number of hydrogen-bond donors (Lipinski definition) is 1. The first-order chi connectivity index (χ1) is 13.7. The van der Waals surface area contributed by atoms with E-state index in [-0.39, 0.29) is 29.8 Å². The van der Waals surface area contributed by atoms with Gasteiger partial charge in [0.05, 0.1) is 25.6 Å². The quantitative estimate of drug-likeness (QED) is 0.408. The Balaban J connectivity index is 2.17. The minimum Gasteiger partial charge on any atom is -0.490 e. The van der Waals surface area contributed by atoms with Crippen LogP contribution >= 0.6 is 0 Å². The number of ether oxygens (including phenoxy) is 2. The lowest BCUT2D eigenvalue weighted by Gasteiger charge is -2.17. The molecule has 10 heteroatoms. The Morgan fingerprint density at radius 2 is 1.76 bits per heavy atom. The summed E-state index contributed by atoms with van der Waals surface area (Å²) in [4.78, 5) is 34.8. The molecule has 2 rings (SSSR count). The third kappa shape index (κ3) is 5.96. The van der Waals surface area contributed by atoms with Gasteiger partial charge < -0.3 is 14.8 Å². The van der Waals surface area contributed by atoms with Gasteiger partial charge in [-0.05, 0) is 29.3 Å². The molecule has 0 heterocycles. The van der Waals surface area contributed by atoms with E-state index in [1.165, 1.54) is 25.3 Å². The molecule has 0 saturated heterocycles. The van der Waals surface area contributed by atoms with Crippen molar-refractivity contribution in [2.75, 3.05) is 14.2 Å². The highest BCUT2D eigenvalue weighted by Gasteiger charge is 2.24. The van der Waals surface area contributed by atoms with Crippen LogP contribution in [0.3, 0.4) is 0 Å². The fraction of sp³-hybridized carbons (Fsp3) is 0.263. The van der Waals surface area contributed by atoms with Crippen molar-refractivity contribution in [2.24, 2.45) is 0 Å². The third-order valence-corrected chi connectivity index (χ3v) is 3.99. The smallest absolute Gasteiger partial charge is 0.328 e. The fourth-order valence-corrected chi connectivity index (χ4v) is 2.72. The average molecular weight is 408 g/mol. The Kier molecular flexibility index (Phi) is 7.18. The minimum atomic E-state index is -1.15. The molecular weight excluding hydrogens is 390 g/mol. The summed E-state index contributed by atoms with van der Waals surface area (Å²) in [5, 5.41) is 13.6. The highest BCUT2D eigenvalue weighted by molar-refractivity contribution is 5.85. The van der Waals surface area contributed by atoms with Crippen molar-refractivity contribution in [3.63, 3.8) is 0 Å². The number of rotatable bonds is 8. The number of carbonyl (C=O) groups is 2. The summed E-state index contributed by atoms with van der Waals surface area (Å²) in [7, 11) is 2.41. The molecule has 1 amide bonds. The number of esters is 1. The Bertz CT molecular complexity index is 915. The summed E-state index contributed by atoms with van der Waals surface area (Å²) in [5.41, 5.74) is 0.170. The lowest BCUT2D eigenvalue weighted by atomic mass is 10.0. The molecule has 1 atom stereocenters. The Morgan fingerprint density at radius 3 is 2.31 bits per heavy atom. The van der Waals surface area contributed by atoms with Crippen molar-refractivity contribution in [1.82, 2.24) is 5.32 Å². The first-order valence-corrected chi connectivity index (χ1v) is 8.37. The lowest BCUT2D eigenvalue weighted by molar-refractivity contribution is -0.385. The molecule has 0 bridgehead atoms. The molecule has 0 spiro atoms. The summed E-state index contributed by atoms with van der Waals surface area (Å²) in [5.74, 6) is -3.06. The number of methoxy groups -OCH3 is 2. The second kappa shape index (κ2) is 9.58. The van der Waals surface area contributed by atoms with Gasteiger partial charge in [-0.2, -0.15) is 0 Å². The number of halogens is 2. The lowest BCUT2D eigenvalue weighted by Crippen LogP contribution is -2.43. The van der Waals surface area contributed by atoms with E-state index >= 15 is 0 Å². The molecule has 2 aromatic carbocycles. The van der Waals surface area contributed by atoms with Crippen molar-refractivity contribution in [2.45, 2.75) is 18.9 Å². The zero-order valence-corrected chi connectivity index (χ0v) is 15.6. The van der Waals surface area contributed by atoms with Gasteiger partial charge in [-0.3, -0.25) is 14.9 Å². The van der Waals surface area contributed by atoms with Crippen LogP contribution in [0, 0.1) is 21.7 Å². The molecule has 29 heavy (non-hydrogen) atoms. The second-order valence-electron chi connectivity index (χ2n) is 6.07. The second-order valence-corrected chi connectivity index (χ2v) is 6.07. The van der Waals surface area contributed by atoms with Crippen molar-refractivity contribution in [3.8, 4) is 5.75 Å². The molecule has 0 saturated carbocycles. The molecule has 0 aliphatic rings. The number of nitro groups is 1. The standard InChI is InChI=1S/C19H18F2N2O6/c1-28-17-4-3-11(8-16(17)23(26)27)7-15(19(25)29-2)22-18(24)9-12-5-13(20)10-14(21)6-12/h3-6,8,10,15H,7,9H2,1-2H3,(H,22,24)/t15-/m0/s1. The van der Waals surface area contributed by atoms with Crippen LogP contribution in [0.4, 0.5) is 14.5 Å². The minimum absolute atomic E-state index is 0.0468. The topological polar surface area (TPSA) is 108 Å². The van der Waals surface area contributed by atoms with Crippen LogP contribution in [0.25, 0.3) is 0 Å². The van der Waals surface area contributed by atoms with Gasteiger partial charge in [-0.25, -0.2) is 13.6 Å². The molecule has 0 fully saturated rings. The third-order valence-electron chi connectivity index (χ3n) is 3.99. The molecule has 2 aromatic rings. The maximum atomic E-state index is 13.3.